The summed E-state index contributed by atoms with van der Waals surface area (Å²) >= 11 is 0. The minimum atomic E-state index is 0.605. The van der Waals surface area contributed by atoms with Crippen molar-refractivity contribution in [1.82, 2.24) is 19.5 Å². The number of nitrogens with zero attached hydrogens (tertiary/aromatic N) is 4. The second-order valence-corrected chi connectivity index (χ2v) is 14.4. The summed E-state index contributed by atoms with van der Waals surface area (Å²) in [6, 6.07) is 62.7. The van der Waals surface area contributed by atoms with Crippen LogP contribution in [0, 0.1) is 0 Å². The topological polar surface area (TPSA) is 69.9 Å². The molecule has 8 aromatic carbocycles. The van der Waals surface area contributed by atoms with E-state index in [0.29, 0.717) is 17.5 Å². The van der Waals surface area contributed by atoms with Gasteiger partial charge in [0.1, 0.15) is 22.3 Å². The Hall–Kier alpha value is -7.83. The van der Waals surface area contributed by atoms with Crippen molar-refractivity contribution in [3.8, 4) is 51.0 Å². The Morgan fingerprint density at radius 3 is 1.60 bits per heavy atom. The molecule has 6 nitrogen and oxygen atoms in total. The highest BCUT2D eigenvalue weighted by Crippen LogP contribution is 2.41. The summed E-state index contributed by atoms with van der Waals surface area (Å²) in [5.41, 5.74) is 11.5. The first-order valence-electron chi connectivity index (χ1n) is 19.0. The predicted molar refractivity (Wildman–Crippen MR) is 230 cm³/mol. The van der Waals surface area contributed by atoms with E-state index in [4.69, 9.17) is 23.8 Å². The van der Waals surface area contributed by atoms with Crippen LogP contribution in [0.2, 0.25) is 0 Å². The van der Waals surface area contributed by atoms with Gasteiger partial charge in [-0.15, -0.1) is 0 Å². The first-order valence-corrected chi connectivity index (χ1v) is 19.0. The van der Waals surface area contributed by atoms with Crippen LogP contribution in [0.1, 0.15) is 0 Å². The van der Waals surface area contributed by atoms with Gasteiger partial charge in [-0.2, -0.15) is 0 Å². The molecule has 57 heavy (non-hydrogen) atoms. The molecule has 0 spiro atoms. The van der Waals surface area contributed by atoms with Crippen LogP contribution in [-0.2, 0) is 0 Å². The van der Waals surface area contributed by atoms with E-state index in [1.54, 1.807) is 0 Å². The van der Waals surface area contributed by atoms with Gasteiger partial charge in [-0.25, -0.2) is 15.0 Å². The third-order valence-electron chi connectivity index (χ3n) is 11.1. The summed E-state index contributed by atoms with van der Waals surface area (Å²) in [4.78, 5) is 14.8. The second kappa shape index (κ2) is 12.3. The van der Waals surface area contributed by atoms with Gasteiger partial charge in [0.2, 0.25) is 0 Å². The maximum absolute atomic E-state index is 6.65. The molecule has 0 aliphatic carbocycles. The predicted octanol–water partition coefficient (Wildman–Crippen LogP) is 13.4. The van der Waals surface area contributed by atoms with Crippen molar-refractivity contribution in [2.45, 2.75) is 0 Å². The van der Waals surface area contributed by atoms with Gasteiger partial charge in [-0.3, -0.25) is 0 Å². The fraction of sp³-hybridized carbons (Fsp3) is 0. The minimum absolute atomic E-state index is 0.605. The third kappa shape index (κ3) is 5.01. The maximum Gasteiger partial charge on any atom is 0.164 e. The van der Waals surface area contributed by atoms with E-state index < -0.39 is 0 Å². The number of para-hydroxylation sites is 3. The summed E-state index contributed by atoms with van der Waals surface area (Å²) in [5.74, 6) is 1.86. The number of aromatic nitrogens is 4. The molecule has 12 aromatic rings. The molecular formula is C51H30N4O2. The van der Waals surface area contributed by atoms with Gasteiger partial charge in [-0.1, -0.05) is 121 Å². The minimum Gasteiger partial charge on any atom is -0.456 e. The zero-order valence-corrected chi connectivity index (χ0v) is 30.4. The Balaban J connectivity index is 0.957. The van der Waals surface area contributed by atoms with Gasteiger partial charge in [0.15, 0.2) is 17.5 Å². The molecule has 0 unspecified atom stereocenters. The van der Waals surface area contributed by atoms with E-state index in [2.05, 4.69) is 114 Å². The van der Waals surface area contributed by atoms with Gasteiger partial charge >= 0.3 is 0 Å². The molecule has 0 bridgehead atoms. The molecule has 12 rings (SSSR count). The van der Waals surface area contributed by atoms with E-state index in [1.165, 1.54) is 21.8 Å². The van der Waals surface area contributed by atoms with Gasteiger partial charge in [-0.05, 0) is 66.2 Å². The molecule has 0 fully saturated rings. The SMILES string of the molecule is c1ccc(-c2nc(-c3ccccc3)nc(-c3ccc4oc5cc(-c6cccc7c6oc6ccc(-n8c9ccccc9c9ccccc98)cc67)ccc5c4c3)n2)cc1. The largest absolute Gasteiger partial charge is 0.456 e. The van der Waals surface area contributed by atoms with Crippen molar-refractivity contribution in [2.24, 2.45) is 0 Å². The lowest BCUT2D eigenvalue weighted by molar-refractivity contribution is 0.668. The van der Waals surface area contributed by atoms with Crippen molar-refractivity contribution < 1.29 is 8.83 Å². The lowest BCUT2D eigenvalue weighted by Crippen LogP contribution is -2.00. The van der Waals surface area contributed by atoms with E-state index in [0.717, 1.165) is 77.4 Å². The molecule has 0 aliphatic heterocycles. The monoisotopic (exact) mass is 730 g/mol. The first kappa shape index (κ1) is 31.5. The van der Waals surface area contributed by atoms with Crippen molar-refractivity contribution in [3.63, 3.8) is 0 Å². The van der Waals surface area contributed by atoms with Crippen LogP contribution in [0.4, 0.5) is 0 Å². The second-order valence-electron chi connectivity index (χ2n) is 14.4. The number of hydrogen-bond donors (Lipinski definition) is 0. The lowest BCUT2D eigenvalue weighted by Gasteiger charge is -2.08. The highest BCUT2D eigenvalue weighted by atomic mass is 16.3. The Bertz CT molecular complexity index is 3410. The Kier molecular flexibility index (Phi) is 6.83. The summed E-state index contributed by atoms with van der Waals surface area (Å²) < 4.78 is 15.5. The quantitative estimate of drug-likeness (QED) is 0.176. The van der Waals surface area contributed by atoms with Crippen LogP contribution in [0.25, 0.3) is 117 Å². The number of fused-ring (bicyclic) bond motifs is 9. The Morgan fingerprint density at radius 1 is 0.333 bits per heavy atom. The van der Waals surface area contributed by atoms with Gasteiger partial charge in [0.05, 0.1) is 11.0 Å². The number of hydrogen-bond acceptors (Lipinski definition) is 5. The van der Waals surface area contributed by atoms with Gasteiger partial charge in [0, 0.05) is 60.3 Å². The number of benzene rings is 8. The summed E-state index contributed by atoms with van der Waals surface area (Å²) in [5, 5.41) is 6.64. The standard InChI is InChI=1S/C51H30N4O2/c1-3-12-31(13-4-1)49-52-50(32-14-5-2-6-15-32)54-51(53-49)34-23-26-45-41(28-34)39-25-22-33(29-47(39)56-45)36-18-11-19-40-42-30-35(24-27-46(42)57-48(36)40)55-43-20-9-7-16-37(43)38-17-8-10-21-44(38)55/h1-30H. The van der Waals surface area contributed by atoms with E-state index in [9.17, 15) is 0 Å². The number of rotatable bonds is 5. The van der Waals surface area contributed by atoms with Crippen LogP contribution >= 0.6 is 0 Å². The van der Waals surface area contributed by atoms with Crippen molar-refractivity contribution in [1.29, 1.82) is 0 Å². The van der Waals surface area contributed by atoms with Crippen LogP contribution in [0.15, 0.2) is 191 Å². The molecule has 4 heterocycles. The van der Waals surface area contributed by atoms with Crippen LogP contribution in [0.5, 0.6) is 0 Å². The van der Waals surface area contributed by atoms with E-state index in [1.807, 2.05) is 72.8 Å². The van der Waals surface area contributed by atoms with Crippen molar-refractivity contribution in [3.05, 3.63) is 182 Å². The summed E-state index contributed by atoms with van der Waals surface area (Å²) in [6.07, 6.45) is 0. The Morgan fingerprint density at radius 2 is 0.895 bits per heavy atom. The normalized spacial score (nSPS) is 11.9. The third-order valence-corrected chi connectivity index (χ3v) is 11.1. The molecule has 0 radical (unpaired) electrons. The summed E-state index contributed by atoms with van der Waals surface area (Å²) in [7, 11) is 0. The van der Waals surface area contributed by atoms with E-state index >= 15 is 0 Å². The van der Waals surface area contributed by atoms with Crippen LogP contribution in [0.3, 0.4) is 0 Å². The van der Waals surface area contributed by atoms with Crippen molar-refractivity contribution >= 4 is 65.7 Å². The van der Waals surface area contributed by atoms with Gasteiger partial charge in [0.25, 0.3) is 0 Å². The molecule has 0 N–H and O–H groups in total. The van der Waals surface area contributed by atoms with Crippen molar-refractivity contribution in [2.75, 3.05) is 0 Å². The van der Waals surface area contributed by atoms with Crippen LogP contribution in [-0.4, -0.2) is 19.5 Å². The summed E-state index contributed by atoms with van der Waals surface area (Å²) in [6.45, 7) is 0. The molecule has 0 aliphatic rings. The molecule has 6 heteroatoms. The highest BCUT2D eigenvalue weighted by molar-refractivity contribution is 6.13. The molecule has 4 aromatic heterocycles. The zero-order chi connectivity index (χ0) is 37.5. The molecular weight excluding hydrogens is 701 g/mol. The first-order chi connectivity index (χ1) is 28.2. The fourth-order valence-electron chi connectivity index (χ4n) is 8.38. The molecule has 0 atom stereocenters. The van der Waals surface area contributed by atoms with E-state index in [-0.39, 0.29) is 0 Å². The highest BCUT2D eigenvalue weighted by Gasteiger charge is 2.18. The Labute approximate surface area is 325 Å². The maximum atomic E-state index is 6.65. The molecule has 0 amide bonds. The molecule has 266 valence electrons. The lowest BCUT2D eigenvalue weighted by atomic mass is 10.0. The number of furan rings is 2. The average molecular weight is 731 g/mol. The molecule has 0 saturated carbocycles. The van der Waals surface area contributed by atoms with Crippen LogP contribution < -0.4 is 0 Å². The fourth-order valence-corrected chi connectivity index (χ4v) is 8.38. The molecule has 0 saturated heterocycles. The zero-order valence-electron chi connectivity index (χ0n) is 30.4. The smallest absolute Gasteiger partial charge is 0.164 e. The van der Waals surface area contributed by atoms with Gasteiger partial charge < -0.3 is 13.4 Å². The average Bonchev–Trinajstić information content (AvgIpc) is 3.95.